The molecule has 4 heteroatoms. The van der Waals surface area contributed by atoms with Crippen LogP contribution >= 0.6 is 0 Å². The lowest BCUT2D eigenvalue weighted by Crippen LogP contribution is -2.19. The zero-order chi connectivity index (χ0) is 18.9. The number of nitrogens with zero attached hydrogens (tertiary/aromatic N) is 3. The molecule has 0 unspecified atom stereocenters. The fraction of sp³-hybridized carbons (Fsp3) is 0.250. The highest BCUT2D eigenvalue weighted by Crippen LogP contribution is 2.26. The van der Waals surface area contributed by atoms with Gasteiger partial charge < -0.3 is 4.74 Å². The molecule has 1 aliphatic heterocycles. The van der Waals surface area contributed by atoms with Crippen LogP contribution < -0.4 is 0 Å². The third-order valence-electron chi connectivity index (χ3n) is 5.48. The summed E-state index contributed by atoms with van der Waals surface area (Å²) < 4.78 is 7.90. The second kappa shape index (κ2) is 7.21. The normalized spacial score (nSPS) is 13.6. The summed E-state index contributed by atoms with van der Waals surface area (Å²) >= 11 is 0. The molecular formula is C24H23N3O. The summed E-state index contributed by atoms with van der Waals surface area (Å²) in [5.74, 6) is 0.780. The van der Waals surface area contributed by atoms with Crippen LogP contribution in [0.3, 0.4) is 0 Å². The Bertz CT molecular complexity index is 1130. The average Bonchev–Trinajstić information content (AvgIpc) is 3.08. The van der Waals surface area contributed by atoms with E-state index < -0.39 is 0 Å². The Hall–Kier alpha value is -2.98. The lowest BCUT2D eigenvalue weighted by Gasteiger charge is -2.20. The van der Waals surface area contributed by atoms with Crippen molar-refractivity contribution in [2.75, 3.05) is 6.61 Å². The van der Waals surface area contributed by atoms with E-state index in [9.17, 15) is 0 Å². The van der Waals surface area contributed by atoms with Gasteiger partial charge in [0, 0.05) is 23.1 Å². The Balaban J connectivity index is 1.60. The number of hydrogen-bond acceptors (Lipinski definition) is 3. The molecule has 4 nitrogen and oxygen atoms in total. The lowest BCUT2D eigenvalue weighted by atomic mass is 10.0. The molecule has 140 valence electrons. The van der Waals surface area contributed by atoms with Crippen molar-refractivity contribution in [3.05, 3.63) is 88.9 Å². The van der Waals surface area contributed by atoms with Gasteiger partial charge in [-0.3, -0.25) is 4.57 Å². The van der Waals surface area contributed by atoms with Gasteiger partial charge >= 0.3 is 0 Å². The quantitative estimate of drug-likeness (QED) is 0.528. The monoisotopic (exact) mass is 369 g/mol. The molecule has 4 aromatic rings. The van der Waals surface area contributed by atoms with Crippen LogP contribution in [0.5, 0.6) is 0 Å². The van der Waals surface area contributed by atoms with Crippen LogP contribution in [0.15, 0.2) is 60.7 Å². The minimum absolute atomic E-state index is 0.616. The summed E-state index contributed by atoms with van der Waals surface area (Å²) in [7, 11) is 0. The molecule has 0 spiro atoms. The summed E-state index contributed by atoms with van der Waals surface area (Å²) in [6.45, 7) is 3.47. The van der Waals surface area contributed by atoms with Gasteiger partial charge in [0.25, 0.3) is 0 Å². The molecule has 5 rings (SSSR count). The van der Waals surface area contributed by atoms with Crippen LogP contribution in [0.4, 0.5) is 0 Å². The first kappa shape index (κ1) is 17.1. The second-order valence-electron chi connectivity index (χ2n) is 7.36. The van der Waals surface area contributed by atoms with Crippen molar-refractivity contribution < 1.29 is 4.74 Å². The molecule has 0 aliphatic carbocycles. The number of benzene rings is 2. The van der Waals surface area contributed by atoms with E-state index in [1.807, 2.05) is 0 Å². The van der Waals surface area contributed by atoms with Crippen molar-refractivity contribution in [3.8, 4) is 5.95 Å². The fourth-order valence-corrected chi connectivity index (χ4v) is 4.06. The van der Waals surface area contributed by atoms with Crippen molar-refractivity contribution in [3.63, 3.8) is 0 Å². The molecule has 0 radical (unpaired) electrons. The number of hydrogen-bond donors (Lipinski definition) is 0. The molecule has 0 saturated heterocycles. The molecule has 2 aromatic heterocycles. The number of rotatable bonds is 4. The highest BCUT2D eigenvalue weighted by Gasteiger charge is 2.20. The molecular weight excluding hydrogens is 346 g/mol. The zero-order valence-electron chi connectivity index (χ0n) is 16.1. The van der Waals surface area contributed by atoms with Crippen LogP contribution in [0.25, 0.3) is 16.9 Å². The standard InChI is InChI=1S/C24H23N3O/c1-17-15-19-9-5-6-10-23(19)27(17)24-25-21(12-11-18-7-3-2-4-8-18)20-16-28-14-13-22(20)26-24/h2-10,15H,11-14,16H2,1H3. The minimum atomic E-state index is 0.616. The van der Waals surface area contributed by atoms with Crippen LogP contribution in [-0.2, 0) is 30.6 Å². The summed E-state index contributed by atoms with van der Waals surface area (Å²) in [6.07, 6.45) is 2.71. The molecule has 0 fully saturated rings. The van der Waals surface area contributed by atoms with Crippen LogP contribution in [0.2, 0.25) is 0 Å². The smallest absolute Gasteiger partial charge is 0.234 e. The molecule has 0 saturated carbocycles. The first-order chi connectivity index (χ1) is 13.8. The third-order valence-corrected chi connectivity index (χ3v) is 5.48. The van der Waals surface area contributed by atoms with Crippen LogP contribution in [-0.4, -0.2) is 21.1 Å². The Morgan fingerprint density at radius 1 is 0.964 bits per heavy atom. The predicted octanol–water partition coefficient (Wildman–Crippen LogP) is 4.59. The molecule has 2 aromatic carbocycles. The van der Waals surface area contributed by atoms with E-state index in [-0.39, 0.29) is 0 Å². The molecule has 0 atom stereocenters. The minimum Gasteiger partial charge on any atom is -0.376 e. The summed E-state index contributed by atoms with van der Waals surface area (Å²) in [5, 5.41) is 1.22. The molecule has 0 bridgehead atoms. The number of aromatic nitrogens is 3. The summed E-state index contributed by atoms with van der Waals surface area (Å²) in [4.78, 5) is 9.98. The maximum Gasteiger partial charge on any atom is 0.234 e. The Morgan fingerprint density at radius 3 is 2.68 bits per heavy atom. The zero-order valence-corrected chi connectivity index (χ0v) is 16.1. The molecule has 0 N–H and O–H groups in total. The maximum atomic E-state index is 5.73. The van der Waals surface area contributed by atoms with E-state index >= 15 is 0 Å². The van der Waals surface area contributed by atoms with Crippen LogP contribution in [0.1, 0.15) is 28.2 Å². The van der Waals surface area contributed by atoms with E-state index in [1.165, 1.54) is 16.5 Å². The maximum absolute atomic E-state index is 5.73. The Labute approximate surface area is 164 Å². The average molecular weight is 369 g/mol. The van der Waals surface area contributed by atoms with E-state index in [1.54, 1.807) is 0 Å². The van der Waals surface area contributed by atoms with Crippen molar-refractivity contribution in [2.45, 2.75) is 32.8 Å². The topological polar surface area (TPSA) is 39.9 Å². The van der Waals surface area contributed by atoms with Gasteiger partial charge in [-0.2, -0.15) is 0 Å². The molecule has 3 heterocycles. The van der Waals surface area contributed by atoms with Gasteiger partial charge in [0.1, 0.15) is 0 Å². The first-order valence-corrected chi connectivity index (χ1v) is 9.87. The van der Waals surface area contributed by atoms with Gasteiger partial charge in [0.05, 0.1) is 30.1 Å². The van der Waals surface area contributed by atoms with Gasteiger partial charge in [0.15, 0.2) is 0 Å². The van der Waals surface area contributed by atoms with Crippen LogP contribution in [0, 0.1) is 6.92 Å². The van der Waals surface area contributed by atoms with Crippen molar-refractivity contribution in [1.82, 2.24) is 14.5 Å². The lowest BCUT2D eigenvalue weighted by molar-refractivity contribution is 0.108. The van der Waals surface area contributed by atoms with Gasteiger partial charge in [-0.15, -0.1) is 0 Å². The van der Waals surface area contributed by atoms with Gasteiger partial charge in [-0.25, -0.2) is 9.97 Å². The number of para-hydroxylation sites is 1. The number of aryl methyl sites for hydroxylation is 3. The van der Waals surface area contributed by atoms with Gasteiger partial charge in [0.2, 0.25) is 5.95 Å². The largest absolute Gasteiger partial charge is 0.376 e. The van der Waals surface area contributed by atoms with Gasteiger partial charge in [-0.05, 0) is 37.5 Å². The number of ether oxygens (including phenoxy) is 1. The molecule has 28 heavy (non-hydrogen) atoms. The highest BCUT2D eigenvalue weighted by atomic mass is 16.5. The Morgan fingerprint density at radius 2 is 1.79 bits per heavy atom. The third kappa shape index (κ3) is 3.10. The molecule has 0 amide bonds. The first-order valence-electron chi connectivity index (χ1n) is 9.87. The SMILES string of the molecule is Cc1cc2ccccc2n1-c1nc2c(c(CCc3ccccc3)n1)COCC2. The van der Waals surface area contributed by atoms with E-state index in [0.29, 0.717) is 6.61 Å². The van der Waals surface area contributed by atoms with E-state index in [0.717, 1.165) is 54.4 Å². The second-order valence-corrected chi connectivity index (χ2v) is 7.36. The van der Waals surface area contributed by atoms with Crippen molar-refractivity contribution in [1.29, 1.82) is 0 Å². The Kier molecular flexibility index (Phi) is 4.41. The fourth-order valence-electron chi connectivity index (χ4n) is 4.06. The summed E-state index contributed by atoms with van der Waals surface area (Å²) in [5.41, 5.74) is 7.07. The highest BCUT2D eigenvalue weighted by molar-refractivity contribution is 5.82. The molecule has 1 aliphatic rings. The van der Waals surface area contributed by atoms with E-state index in [4.69, 9.17) is 14.7 Å². The van der Waals surface area contributed by atoms with E-state index in [2.05, 4.69) is 72.2 Å². The summed E-state index contributed by atoms with van der Waals surface area (Å²) in [6, 6.07) is 21.2. The number of fused-ring (bicyclic) bond motifs is 2. The van der Waals surface area contributed by atoms with Gasteiger partial charge in [-0.1, -0.05) is 48.5 Å². The predicted molar refractivity (Wildman–Crippen MR) is 111 cm³/mol. The van der Waals surface area contributed by atoms with Crippen molar-refractivity contribution in [2.24, 2.45) is 0 Å². The van der Waals surface area contributed by atoms with Crippen molar-refractivity contribution >= 4 is 10.9 Å².